The Morgan fingerprint density at radius 3 is 3.17 bits per heavy atom. The summed E-state index contributed by atoms with van der Waals surface area (Å²) in [6, 6.07) is 3.66. The van der Waals surface area contributed by atoms with Crippen molar-refractivity contribution >= 4 is 38.4 Å². The maximum Gasteiger partial charge on any atom is 0.253 e. The van der Waals surface area contributed by atoms with Crippen LogP contribution in [0.15, 0.2) is 23.7 Å². The first-order valence-electron chi connectivity index (χ1n) is 3.30. The van der Waals surface area contributed by atoms with Crippen molar-refractivity contribution < 1.29 is 4.79 Å². The van der Waals surface area contributed by atoms with Crippen molar-refractivity contribution in [1.82, 2.24) is 4.98 Å². The van der Waals surface area contributed by atoms with Crippen LogP contribution in [0.25, 0.3) is 10.2 Å². The van der Waals surface area contributed by atoms with E-state index in [9.17, 15) is 4.79 Å². The second-order valence-electron chi connectivity index (χ2n) is 2.31. The number of carbonyl (C=O) groups excluding carboxylic acids is 1. The number of rotatable bonds is 1. The van der Waals surface area contributed by atoms with E-state index < -0.39 is 5.24 Å². The lowest BCUT2D eigenvalue weighted by molar-refractivity contribution is 0.108. The highest BCUT2D eigenvalue weighted by atomic mass is 35.5. The molecule has 12 heavy (non-hydrogen) atoms. The Morgan fingerprint density at radius 2 is 2.42 bits per heavy atom. The minimum absolute atomic E-state index is 0.447. The van der Waals surface area contributed by atoms with Crippen molar-refractivity contribution in [1.29, 1.82) is 0 Å². The Hall–Kier alpha value is -0.930. The van der Waals surface area contributed by atoms with Gasteiger partial charge < -0.3 is 0 Å². The number of hydrogen-bond donors (Lipinski definition) is 0. The van der Waals surface area contributed by atoms with Crippen LogP contribution in [-0.2, 0) is 0 Å². The quantitative estimate of drug-likeness (QED) is 0.658. The first-order valence-corrected chi connectivity index (χ1v) is 4.56. The van der Waals surface area contributed by atoms with E-state index in [0.29, 0.717) is 5.56 Å². The fourth-order valence-electron chi connectivity index (χ4n) is 0.966. The minimum Gasteiger partial charge on any atom is -0.276 e. The molecule has 0 atom stereocenters. The maximum atomic E-state index is 10.7. The van der Waals surface area contributed by atoms with Crippen molar-refractivity contribution in [3.05, 3.63) is 29.3 Å². The molecular weight excluding hydrogens is 194 g/mol. The fraction of sp³-hybridized carbons (Fsp3) is 0. The lowest BCUT2D eigenvalue weighted by atomic mass is 10.2. The van der Waals surface area contributed by atoms with Crippen LogP contribution in [0.3, 0.4) is 0 Å². The predicted molar refractivity (Wildman–Crippen MR) is 49.8 cm³/mol. The SMILES string of the molecule is O=C(Cl)c1cnc2sccc2c1. The first-order chi connectivity index (χ1) is 5.77. The number of fused-ring (bicyclic) bond motifs is 1. The molecule has 0 aliphatic heterocycles. The van der Waals surface area contributed by atoms with Gasteiger partial charge in [0, 0.05) is 11.6 Å². The molecule has 2 nitrogen and oxygen atoms in total. The molecule has 0 aliphatic rings. The van der Waals surface area contributed by atoms with Gasteiger partial charge in [0.2, 0.25) is 0 Å². The van der Waals surface area contributed by atoms with E-state index in [0.717, 1.165) is 10.2 Å². The second-order valence-corrected chi connectivity index (χ2v) is 3.55. The van der Waals surface area contributed by atoms with Crippen LogP contribution >= 0.6 is 22.9 Å². The standard InChI is InChI=1S/C8H4ClNOS/c9-7(11)6-3-5-1-2-12-8(5)10-4-6/h1-4H. The maximum absolute atomic E-state index is 10.7. The van der Waals surface area contributed by atoms with Crippen LogP contribution in [0.5, 0.6) is 0 Å². The molecule has 0 aliphatic carbocycles. The summed E-state index contributed by atoms with van der Waals surface area (Å²) in [5, 5.41) is 2.43. The number of thiophene rings is 1. The summed E-state index contributed by atoms with van der Waals surface area (Å²) >= 11 is 6.84. The summed E-state index contributed by atoms with van der Waals surface area (Å²) in [7, 11) is 0. The van der Waals surface area contributed by atoms with Crippen LogP contribution in [0.4, 0.5) is 0 Å². The smallest absolute Gasteiger partial charge is 0.253 e. The Morgan fingerprint density at radius 1 is 1.58 bits per heavy atom. The molecule has 60 valence electrons. The van der Waals surface area contributed by atoms with Crippen molar-refractivity contribution in [3.8, 4) is 0 Å². The number of carbonyl (C=O) groups is 1. The van der Waals surface area contributed by atoms with E-state index in [4.69, 9.17) is 11.6 Å². The molecular formula is C8H4ClNOS. The van der Waals surface area contributed by atoms with E-state index in [-0.39, 0.29) is 0 Å². The Labute approximate surface area is 77.8 Å². The van der Waals surface area contributed by atoms with Crippen molar-refractivity contribution in [2.45, 2.75) is 0 Å². The van der Waals surface area contributed by atoms with Crippen LogP contribution < -0.4 is 0 Å². The van der Waals surface area contributed by atoms with Gasteiger partial charge in [-0.3, -0.25) is 4.79 Å². The number of nitrogens with zero attached hydrogens (tertiary/aromatic N) is 1. The number of halogens is 1. The molecule has 0 bridgehead atoms. The molecule has 2 heterocycles. The molecule has 0 saturated heterocycles. The highest BCUT2D eigenvalue weighted by molar-refractivity contribution is 7.16. The summed E-state index contributed by atoms with van der Waals surface area (Å²) in [6.07, 6.45) is 1.49. The van der Waals surface area contributed by atoms with Crippen LogP contribution in [-0.4, -0.2) is 10.2 Å². The van der Waals surface area contributed by atoms with Gasteiger partial charge in [0.25, 0.3) is 5.24 Å². The molecule has 4 heteroatoms. The summed E-state index contributed by atoms with van der Waals surface area (Å²) in [5.74, 6) is 0. The molecule has 0 unspecified atom stereocenters. The third kappa shape index (κ3) is 1.21. The normalized spacial score (nSPS) is 10.4. The third-order valence-electron chi connectivity index (χ3n) is 1.53. The highest BCUT2D eigenvalue weighted by Gasteiger charge is 2.03. The van der Waals surface area contributed by atoms with E-state index in [1.54, 1.807) is 17.4 Å². The van der Waals surface area contributed by atoms with Gasteiger partial charge in [0.05, 0.1) is 5.56 Å². The summed E-state index contributed by atoms with van der Waals surface area (Å²) in [5.41, 5.74) is 0.447. The Bertz CT molecular complexity index is 437. The number of pyridine rings is 1. The molecule has 0 saturated carbocycles. The lowest BCUT2D eigenvalue weighted by Crippen LogP contribution is -1.88. The van der Waals surface area contributed by atoms with Crippen LogP contribution in [0.1, 0.15) is 10.4 Å². The Balaban J connectivity index is 2.68. The van der Waals surface area contributed by atoms with Crippen molar-refractivity contribution in [2.75, 3.05) is 0 Å². The van der Waals surface area contributed by atoms with Gasteiger partial charge in [-0.2, -0.15) is 0 Å². The summed E-state index contributed by atoms with van der Waals surface area (Å²) in [6.45, 7) is 0. The molecule has 0 spiro atoms. The molecule has 0 aromatic carbocycles. The van der Waals surface area contributed by atoms with Crippen LogP contribution in [0, 0.1) is 0 Å². The molecule has 0 fully saturated rings. The first kappa shape index (κ1) is 7.71. The minimum atomic E-state index is -0.462. The zero-order chi connectivity index (χ0) is 8.55. The van der Waals surface area contributed by atoms with E-state index >= 15 is 0 Å². The molecule has 0 radical (unpaired) electrons. The largest absolute Gasteiger partial charge is 0.276 e. The second kappa shape index (κ2) is 2.84. The van der Waals surface area contributed by atoms with Gasteiger partial charge in [0.15, 0.2) is 0 Å². The molecule has 0 N–H and O–H groups in total. The highest BCUT2D eigenvalue weighted by Crippen LogP contribution is 2.19. The van der Waals surface area contributed by atoms with Gasteiger partial charge in [-0.1, -0.05) is 0 Å². The van der Waals surface area contributed by atoms with Gasteiger partial charge in [-0.25, -0.2) is 4.98 Å². The van der Waals surface area contributed by atoms with E-state index in [2.05, 4.69) is 4.98 Å². The van der Waals surface area contributed by atoms with E-state index in [1.807, 2.05) is 11.4 Å². The monoisotopic (exact) mass is 197 g/mol. The van der Waals surface area contributed by atoms with Crippen LogP contribution in [0.2, 0.25) is 0 Å². The van der Waals surface area contributed by atoms with Crippen molar-refractivity contribution in [2.24, 2.45) is 0 Å². The summed E-state index contributed by atoms with van der Waals surface area (Å²) < 4.78 is 0. The fourth-order valence-corrected chi connectivity index (χ4v) is 1.79. The lowest BCUT2D eigenvalue weighted by Gasteiger charge is -1.91. The number of aromatic nitrogens is 1. The average molecular weight is 198 g/mol. The van der Waals surface area contributed by atoms with Gasteiger partial charge >= 0.3 is 0 Å². The Kier molecular flexibility index (Phi) is 1.83. The zero-order valence-corrected chi connectivity index (χ0v) is 7.52. The average Bonchev–Trinajstić information content (AvgIpc) is 2.49. The molecule has 0 amide bonds. The van der Waals surface area contributed by atoms with E-state index in [1.165, 1.54) is 6.20 Å². The van der Waals surface area contributed by atoms with Gasteiger partial charge in [-0.15, -0.1) is 11.3 Å². The zero-order valence-electron chi connectivity index (χ0n) is 5.95. The molecule has 2 aromatic heterocycles. The third-order valence-corrected chi connectivity index (χ3v) is 2.59. The van der Waals surface area contributed by atoms with Crippen molar-refractivity contribution in [3.63, 3.8) is 0 Å². The summed E-state index contributed by atoms with van der Waals surface area (Å²) in [4.78, 5) is 15.7. The molecule has 2 rings (SSSR count). The van der Waals surface area contributed by atoms with Gasteiger partial charge in [-0.05, 0) is 29.1 Å². The number of hydrogen-bond acceptors (Lipinski definition) is 3. The topological polar surface area (TPSA) is 30.0 Å². The predicted octanol–water partition coefficient (Wildman–Crippen LogP) is 2.68. The van der Waals surface area contributed by atoms with Gasteiger partial charge in [0.1, 0.15) is 4.83 Å². The molecule has 2 aromatic rings.